The fourth-order valence-corrected chi connectivity index (χ4v) is 2.95. The molecule has 0 fully saturated rings. The maximum Gasteiger partial charge on any atom is 0.216 e. The van der Waals surface area contributed by atoms with E-state index >= 15 is 0 Å². The summed E-state index contributed by atoms with van der Waals surface area (Å²) in [6.07, 6.45) is 1.07. The maximum atomic E-state index is 5.56. The lowest BCUT2D eigenvalue weighted by Gasteiger charge is -2.10. The molecular formula is C18H27IN4OS. The van der Waals surface area contributed by atoms with E-state index in [2.05, 4.69) is 51.8 Å². The first-order valence-corrected chi connectivity index (χ1v) is 9.30. The molecule has 0 radical (unpaired) electrons. The molecule has 0 saturated heterocycles. The summed E-state index contributed by atoms with van der Waals surface area (Å²) >= 11 is 1.87. The van der Waals surface area contributed by atoms with Gasteiger partial charge in [0.2, 0.25) is 5.89 Å². The summed E-state index contributed by atoms with van der Waals surface area (Å²) in [7, 11) is 0. The van der Waals surface area contributed by atoms with Crippen LogP contribution in [0.4, 0.5) is 0 Å². The van der Waals surface area contributed by atoms with Crippen LogP contribution in [0.1, 0.15) is 30.7 Å². The highest BCUT2D eigenvalue weighted by atomic mass is 127. The minimum Gasteiger partial charge on any atom is -0.444 e. The van der Waals surface area contributed by atoms with Crippen molar-refractivity contribution in [2.45, 2.75) is 38.6 Å². The predicted molar refractivity (Wildman–Crippen MR) is 116 cm³/mol. The van der Waals surface area contributed by atoms with Crippen molar-refractivity contribution in [1.29, 1.82) is 0 Å². The number of aliphatic imine (C=N–C) groups is 1. The number of oxazole rings is 1. The van der Waals surface area contributed by atoms with Crippen molar-refractivity contribution in [2.75, 3.05) is 18.8 Å². The van der Waals surface area contributed by atoms with Crippen LogP contribution in [0.2, 0.25) is 0 Å². The molecule has 0 bridgehead atoms. The van der Waals surface area contributed by atoms with Gasteiger partial charge in [-0.25, -0.2) is 9.98 Å². The second-order valence-corrected chi connectivity index (χ2v) is 6.55. The highest BCUT2D eigenvalue weighted by Crippen LogP contribution is 2.17. The van der Waals surface area contributed by atoms with Crippen molar-refractivity contribution in [2.24, 2.45) is 4.99 Å². The number of nitrogens with one attached hydrogen (secondary N) is 2. The van der Waals surface area contributed by atoms with Gasteiger partial charge in [0.05, 0.1) is 5.69 Å². The van der Waals surface area contributed by atoms with Crippen LogP contribution in [-0.2, 0) is 6.54 Å². The smallest absolute Gasteiger partial charge is 0.216 e. The fourth-order valence-electron chi connectivity index (χ4n) is 2.08. The third-order valence-electron chi connectivity index (χ3n) is 3.41. The Labute approximate surface area is 171 Å². The molecule has 2 N–H and O–H groups in total. The van der Waals surface area contributed by atoms with E-state index in [0.717, 1.165) is 42.7 Å². The van der Waals surface area contributed by atoms with Gasteiger partial charge in [-0.2, -0.15) is 0 Å². The lowest BCUT2D eigenvalue weighted by atomic mass is 10.4. The molecule has 7 heteroatoms. The lowest BCUT2D eigenvalue weighted by Crippen LogP contribution is -2.37. The summed E-state index contributed by atoms with van der Waals surface area (Å²) in [5.41, 5.74) is 0.927. The van der Waals surface area contributed by atoms with Gasteiger partial charge < -0.3 is 15.1 Å². The zero-order chi connectivity index (χ0) is 17.2. The number of hydrogen-bond donors (Lipinski definition) is 2. The monoisotopic (exact) mass is 474 g/mol. The SMILES string of the molecule is CCNC(=NCc1nc(C)c(C)o1)NCCCSc1ccccc1.I. The standard InChI is InChI=1S/C18H26N4OS.HI/c1-4-19-18(21-13-17-22-14(2)15(3)23-17)20-11-8-12-24-16-9-6-5-7-10-16;/h5-7,9-10H,4,8,11-13H2,1-3H3,(H2,19,20,21);1H. The first kappa shape index (κ1) is 21.8. The minimum absolute atomic E-state index is 0. The molecule has 2 rings (SSSR count). The molecular weight excluding hydrogens is 447 g/mol. The van der Waals surface area contributed by atoms with Crippen LogP contribution in [0.25, 0.3) is 0 Å². The zero-order valence-electron chi connectivity index (χ0n) is 15.0. The van der Waals surface area contributed by atoms with Gasteiger partial charge in [0, 0.05) is 18.0 Å². The van der Waals surface area contributed by atoms with Crippen molar-refractivity contribution < 1.29 is 4.42 Å². The van der Waals surface area contributed by atoms with Crippen LogP contribution in [0.15, 0.2) is 44.6 Å². The number of aromatic nitrogens is 1. The summed E-state index contributed by atoms with van der Waals surface area (Å²) < 4.78 is 5.56. The average Bonchev–Trinajstić information content (AvgIpc) is 2.91. The number of halogens is 1. The minimum atomic E-state index is 0. The second kappa shape index (κ2) is 12.2. The lowest BCUT2D eigenvalue weighted by molar-refractivity contribution is 0.473. The molecule has 0 saturated carbocycles. The van der Waals surface area contributed by atoms with Crippen LogP contribution < -0.4 is 10.6 Å². The Morgan fingerprint density at radius 2 is 1.96 bits per heavy atom. The van der Waals surface area contributed by atoms with Gasteiger partial charge in [-0.3, -0.25) is 0 Å². The first-order valence-electron chi connectivity index (χ1n) is 8.32. The molecule has 0 aliphatic rings. The normalized spacial score (nSPS) is 11.1. The van der Waals surface area contributed by atoms with E-state index in [9.17, 15) is 0 Å². The average molecular weight is 474 g/mol. The van der Waals surface area contributed by atoms with Gasteiger partial charge >= 0.3 is 0 Å². The van der Waals surface area contributed by atoms with E-state index in [1.165, 1.54) is 4.90 Å². The molecule has 1 aromatic heterocycles. The molecule has 0 aliphatic heterocycles. The van der Waals surface area contributed by atoms with E-state index < -0.39 is 0 Å². The Hall–Kier alpha value is -1.22. The van der Waals surface area contributed by atoms with Crippen molar-refractivity contribution >= 4 is 41.7 Å². The van der Waals surface area contributed by atoms with Gasteiger partial charge in [0.25, 0.3) is 0 Å². The second-order valence-electron chi connectivity index (χ2n) is 5.39. The number of thioether (sulfide) groups is 1. The van der Waals surface area contributed by atoms with E-state index in [1.807, 2.05) is 31.7 Å². The van der Waals surface area contributed by atoms with Gasteiger partial charge in [0.15, 0.2) is 5.96 Å². The Bertz CT molecular complexity index is 626. The molecule has 0 amide bonds. The zero-order valence-corrected chi connectivity index (χ0v) is 18.2. The summed E-state index contributed by atoms with van der Waals surface area (Å²) in [5, 5.41) is 6.60. The Morgan fingerprint density at radius 3 is 2.60 bits per heavy atom. The van der Waals surface area contributed by atoms with Crippen molar-refractivity contribution in [1.82, 2.24) is 15.6 Å². The topological polar surface area (TPSA) is 62.5 Å². The summed E-state index contributed by atoms with van der Waals surface area (Å²) in [5.74, 6) is 3.39. The van der Waals surface area contributed by atoms with Crippen LogP contribution in [0, 0.1) is 13.8 Å². The third-order valence-corrected chi connectivity index (χ3v) is 4.51. The molecule has 2 aromatic rings. The van der Waals surface area contributed by atoms with Crippen molar-refractivity contribution in [3.05, 3.63) is 47.7 Å². The number of aryl methyl sites for hydroxylation is 2. The Kier molecular flexibility index (Phi) is 10.6. The number of benzene rings is 1. The van der Waals surface area contributed by atoms with Crippen LogP contribution in [0.3, 0.4) is 0 Å². The molecule has 0 aliphatic carbocycles. The van der Waals surface area contributed by atoms with E-state index in [4.69, 9.17) is 4.42 Å². The summed E-state index contributed by atoms with van der Waals surface area (Å²) in [6, 6.07) is 10.5. The molecule has 1 aromatic carbocycles. The van der Waals surface area contributed by atoms with Gasteiger partial charge in [-0.05, 0) is 45.1 Å². The molecule has 138 valence electrons. The van der Waals surface area contributed by atoms with Gasteiger partial charge in [-0.1, -0.05) is 18.2 Å². The fraction of sp³-hybridized carbons (Fsp3) is 0.444. The number of rotatable bonds is 8. The third kappa shape index (κ3) is 8.13. The van der Waals surface area contributed by atoms with Crippen molar-refractivity contribution in [3.8, 4) is 0 Å². The maximum absolute atomic E-state index is 5.56. The quantitative estimate of drug-likeness (QED) is 0.198. The number of nitrogens with zero attached hydrogens (tertiary/aromatic N) is 2. The highest BCUT2D eigenvalue weighted by molar-refractivity contribution is 14.0. The molecule has 0 spiro atoms. The van der Waals surface area contributed by atoms with Crippen LogP contribution in [0.5, 0.6) is 0 Å². The Balaban J connectivity index is 0.00000312. The highest BCUT2D eigenvalue weighted by Gasteiger charge is 2.05. The van der Waals surface area contributed by atoms with E-state index in [1.54, 1.807) is 0 Å². The summed E-state index contributed by atoms with van der Waals surface area (Å²) in [4.78, 5) is 10.2. The molecule has 0 unspecified atom stereocenters. The number of hydrogen-bond acceptors (Lipinski definition) is 4. The van der Waals surface area contributed by atoms with Crippen molar-refractivity contribution in [3.63, 3.8) is 0 Å². The largest absolute Gasteiger partial charge is 0.444 e. The van der Waals surface area contributed by atoms with E-state index in [0.29, 0.717) is 12.4 Å². The van der Waals surface area contributed by atoms with Crippen LogP contribution >= 0.6 is 35.7 Å². The first-order chi connectivity index (χ1) is 11.7. The van der Waals surface area contributed by atoms with Crippen LogP contribution in [-0.4, -0.2) is 29.8 Å². The molecule has 5 nitrogen and oxygen atoms in total. The molecule has 25 heavy (non-hydrogen) atoms. The Morgan fingerprint density at radius 1 is 1.20 bits per heavy atom. The van der Waals surface area contributed by atoms with Gasteiger partial charge in [-0.15, -0.1) is 35.7 Å². The van der Waals surface area contributed by atoms with Gasteiger partial charge in [0.1, 0.15) is 12.3 Å². The predicted octanol–water partition coefficient (Wildman–Crippen LogP) is 4.15. The molecule has 1 heterocycles. The molecule has 0 atom stereocenters. The van der Waals surface area contributed by atoms with E-state index in [-0.39, 0.29) is 24.0 Å². The summed E-state index contributed by atoms with van der Waals surface area (Å²) in [6.45, 7) is 8.08. The number of guanidine groups is 1.